The van der Waals surface area contributed by atoms with Crippen molar-refractivity contribution in [3.63, 3.8) is 0 Å². The first-order chi connectivity index (χ1) is 8.13. The van der Waals surface area contributed by atoms with E-state index in [1.165, 1.54) is 6.07 Å². The zero-order valence-corrected chi connectivity index (χ0v) is 12.7. The molecule has 0 atom stereocenters. The molecule has 0 saturated carbocycles. The van der Waals surface area contributed by atoms with E-state index in [1.807, 2.05) is 6.08 Å². The monoisotopic (exact) mass is 322 g/mol. The van der Waals surface area contributed by atoms with Crippen molar-refractivity contribution in [3.8, 4) is 17.2 Å². The van der Waals surface area contributed by atoms with E-state index in [0.29, 0.717) is 5.56 Å². The molecule has 2 aromatic rings. The van der Waals surface area contributed by atoms with E-state index in [4.69, 9.17) is 5.11 Å². The Kier molecular flexibility index (Phi) is 7.48. The molecule has 0 aliphatic rings. The van der Waals surface area contributed by atoms with Crippen molar-refractivity contribution in [3.05, 3.63) is 53.6 Å². The number of phenols is 3. The van der Waals surface area contributed by atoms with Gasteiger partial charge in [0, 0.05) is 25.5 Å². The normalized spacial score (nSPS) is 9.68. The van der Waals surface area contributed by atoms with Gasteiger partial charge in [-0.05, 0) is 35.4 Å². The van der Waals surface area contributed by atoms with Gasteiger partial charge in [0.1, 0.15) is 17.2 Å². The Morgan fingerprint density at radius 3 is 1.63 bits per heavy atom. The summed E-state index contributed by atoms with van der Waals surface area (Å²) in [6.45, 7) is 0. The molecular formula is C14H15AlO3Zn. The molecule has 0 saturated heterocycles. The van der Waals surface area contributed by atoms with Gasteiger partial charge in [-0.25, -0.2) is 0 Å². The summed E-state index contributed by atoms with van der Waals surface area (Å²) < 4.78 is 0. The summed E-state index contributed by atoms with van der Waals surface area (Å²) in [6.07, 6.45) is 3.60. The third kappa shape index (κ3) is 5.49. The molecule has 0 aromatic heterocycles. The number of phenolic OH excluding ortho intramolecular Hbond substituents is 3. The van der Waals surface area contributed by atoms with E-state index in [-0.39, 0.29) is 54.1 Å². The molecule has 2 aromatic carbocycles. The van der Waals surface area contributed by atoms with Gasteiger partial charge in [-0.1, -0.05) is 24.3 Å². The smallest absolute Gasteiger partial charge is 0.187 e. The summed E-state index contributed by atoms with van der Waals surface area (Å²) >= 11 is 0. The molecule has 2 rings (SSSR count). The van der Waals surface area contributed by atoms with E-state index in [9.17, 15) is 10.2 Å². The van der Waals surface area contributed by atoms with Crippen molar-refractivity contribution in [2.24, 2.45) is 0 Å². The molecule has 0 fully saturated rings. The number of rotatable bonds is 2. The maximum absolute atomic E-state index is 9.30. The van der Waals surface area contributed by atoms with Gasteiger partial charge < -0.3 is 15.3 Å². The van der Waals surface area contributed by atoms with Gasteiger partial charge in [0.05, 0.1) is 0 Å². The summed E-state index contributed by atoms with van der Waals surface area (Å²) in [7, 11) is 0. The second-order valence-corrected chi connectivity index (χ2v) is 3.71. The second-order valence-electron chi connectivity index (χ2n) is 3.71. The molecule has 0 amide bonds. The number of hydrogen-bond acceptors (Lipinski definition) is 3. The van der Waals surface area contributed by atoms with Gasteiger partial charge >= 0.3 is 0 Å². The van der Waals surface area contributed by atoms with E-state index in [0.717, 1.165) is 5.56 Å². The predicted molar refractivity (Wildman–Crippen MR) is 76.7 cm³/mol. The minimum absolute atomic E-state index is 0. The van der Waals surface area contributed by atoms with Crippen LogP contribution in [-0.2, 0) is 19.5 Å². The van der Waals surface area contributed by atoms with Crippen molar-refractivity contribution in [1.82, 2.24) is 0 Å². The molecule has 0 bridgehead atoms. The predicted octanol–water partition coefficient (Wildman–Crippen LogP) is 1.79. The van der Waals surface area contributed by atoms with Gasteiger partial charge in [0.2, 0.25) is 0 Å². The van der Waals surface area contributed by atoms with Crippen LogP contribution in [0, 0.1) is 0 Å². The zero-order chi connectivity index (χ0) is 12.3. The third-order valence-electron chi connectivity index (χ3n) is 2.29. The molecule has 0 unspecified atom stereocenters. The van der Waals surface area contributed by atoms with Crippen LogP contribution in [0.3, 0.4) is 0 Å². The molecule has 5 heteroatoms. The molecular weight excluding hydrogens is 309 g/mol. The van der Waals surface area contributed by atoms with Gasteiger partial charge in [-0.2, -0.15) is 0 Å². The van der Waals surface area contributed by atoms with Crippen LogP contribution in [0.25, 0.3) is 12.2 Å². The Labute approximate surface area is 135 Å². The average molecular weight is 324 g/mol. The average Bonchev–Trinajstić information content (AvgIpc) is 2.27. The molecule has 0 heterocycles. The maximum Gasteiger partial charge on any atom is 0.187 e. The Morgan fingerprint density at radius 1 is 0.632 bits per heavy atom. The molecule has 3 N–H and O–H groups in total. The zero-order valence-electron chi connectivity index (χ0n) is 9.74. The Balaban J connectivity index is 0.00000162. The maximum atomic E-state index is 9.30. The summed E-state index contributed by atoms with van der Waals surface area (Å²) in [4.78, 5) is 0. The van der Waals surface area contributed by atoms with Crippen LogP contribution in [0.2, 0.25) is 0 Å². The Morgan fingerprint density at radius 2 is 1.11 bits per heavy atom. The molecule has 0 aliphatic heterocycles. The summed E-state index contributed by atoms with van der Waals surface area (Å²) in [5.74, 6) is 0.267. The van der Waals surface area contributed by atoms with E-state index >= 15 is 0 Å². The van der Waals surface area contributed by atoms with Crippen LogP contribution in [0.1, 0.15) is 11.1 Å². The van der Waals surface area contributed by atoms with Crippen LogP contribution in [0.4, 0.5) is 0 Å². The molecule has 0 spiro atoms. The number of aromatic hydroxyl groups is 3. The second kappa shape index (κ2) is 8.02. The van der Waals surface area contributed by atoms with Crippen molar-refractivity contribution in [2.75, 3.05) is 0 Å². The van der Waals surface area contributed by atoms with Gasteiger partial charge in [0.25, 0.3) is 0 Å². The summed E-state index contributed by atoms with van der Waals surface area (Å²) in [5.41, 5.74) is 1.63. The van der Waals surface area contributed by atoms with Crippen molar-refractivity contribution in [1.29, 1.82) is 0 Å². The van der Waals surface area contributed by atoms with E-state index in [2.05, 4.69) is 0 Å². The fourth-order valence-electron chi connectivity index (χ4n) is 1.49. The first-order valence-corrected chi connectivity index (χ1v) is 5.13. The SMILES string of the molecule is Oc1ccc(C=Cc2cc(O)cc(O)c2)cc1.[AlH3].[Zn]. The first-order valence-electron chi connectivity index (χ1n) is 5.13. The minimum atomic E-state index is 0. The van der Waals surface area contributed by atoms with Crippen LogP contribution in [0.5, 0.6) is 17.2 Å². The Hall–Kier alpha value is -1.26. The van der Waals surface area contributed by atoms with Crippen LogP contribution >= 0.6 is 0 Å². The molecule has 0 radical (unpaired) electrons. The fourth-order valence-corrected chi connectivity index (χ4v) is 1.49. The standard InChI is InChI=1S/C14H12O3.Al.Zn.3H/c15-12-5-3-10(4-6-12)1-2-11-7-13(16)9-14(17)8-11;;;;;/h1-9,15-17H;;;;;. The first kappa shape index (κ1) is 17.7. The van der Waals surface area contributed by atoms with Crippen LogP contribution in [0.15, 0.2) is 42.5 Å². The van der Waals surface area contributed by atoms with E-state index < -0.39 is 0 Å². The quantitative estimate of drug-likeness (QED) is 0.583. The largest absolute Gasteiger partial charge is 0.508 e. The summed E-state index contributed by atoms with van der Waals surface area (Å²) in [6, 6.07) is 11.1. The third-order valence-corrected chi connectivity index (χ3v) is 2.29. The fraction of sp³-hybridized carbons (Fsp3) is 0. The van der Waals surface area contributed by atoms with Crippen LogP contribution < -0.4 is 0 Å². The topological polar surface area (TPSA) is 60.7 Å². The summed E-state index contributed by atoms with van der Waals surface area (Å²) in [5, 5.41) is 27.7. The van der Waals surface area contributed by atoms with Crippen molar-refractivity contribution < 1.29 is 34.8 Å². The van der Waals surface area contributed by atoms with Crippen molar-refractivity contribution >= 4 is 29.5 Å². The number of benzene rings is 2. The molecule has 94 valence electrons. The van der Waals surface area contributed by atoms with Gasteiger partial charge in [0.15, 0.2) is 17.4 Å². The molecule has 19 heavy (non-hydrogen) atoms. The minimum Gasteiger partial charge on any atom is -0.508 e. The Bertz CT molecular complexity index is 533. The number of hydrogen-bond donors (Lipinski definition) is 3. The van der Waals surface area contributed by atoms with Gasteiger partial charge in [-0.3, -0.25) is 0 Å². The van der Waals surface area contributed by atoms with Gasteiger partial charge in [-0.15, -0.1) is 0 Å². The molecule has 0 aliphatic carbocycles. The molecule has 3 nitrogen and oxygen atoms in total. The van der Waals surface area contributed by atoms with Crippen molar-refractivity contribution in [2.45, 2.75) is 0 Å². The van der Waals surface area contributed by atoms with E-state index in [1.54, 1.807) is 42.5 Å². The van der Waals surface area contributed by atoms with Crippen LogP contribution in [-0.4, -0.2) is 32.7 Å².